The van der Waals surface area contributed by atoms with Crippen LogP contribution >= 0.6 is 0 Å². The Morgan fingerprint density at radius 3 is 2.76 bits per heavy atom. The lowest BCUT2D eigenvalue weighted by Crippen LogP contribution is -2.20. The lowest BCUT2D eigenvalue weighted by atomic mass is 9.98. The lowest BCUT2D eigenvalue weighted by molar-refractivity contribution is 0.102. The molecule has 0 saturated heterocycles. The second kappa shape index (κ2) is 5.63. The molecular weight excluding hydrogens is 216 g/mol. The minimum absolute atomic E-state index is 0.317. The van der Waals surface area contributed by atoms with E-state index in [9.17, 15) is 5.11 Å². The Morgan fingerprint density at radius 2 is 2.12 bits per heavy atom. The largest absolute Gasteiger partial charge is 0.392 e. The van der Waals surface area contributed by atoms with Gasteiger partial charge >= 0.3 is 0 Å². The van der Waals surface area contributed by atoms with Gasteiger partial charge in [0.15, 0.2) is 5.82 Å². The Hall–Kier alpha value is -0.900. The van der Waals surface area contributed by atoms with Gasteiger partial charge in [-0.3, -0.25) is 0 Å². The maximum atomic E-state index is 10.1. The molecule has 1 aromatic rings. The second-order valence-electron chi connectivity index (χ2n) is 5.17. The first kappa shape index (κ1) is 12.6. The van der Waals surface area contributed by atoms with Crippen LogP contribution in [-0.2, 0) is 6.42 Å². The van der Waals surface area contributed by atoms with Crippen molar-refractivity contribution in [1.29, 1.82) is 0 Å². The van der Waals surface area contributed by atoms with E-state index in [1.54, 1.807) is 0 Å². The first-order valence-electron chi connectivity index (χ1n) is 6.71. The Kier molecular flexibility index (Phi) is 4.15. The third kappa shape index (κ3) is 3.06. The van der Waals surface area contributed by atoms with E-state index in [1.807, 2.05) is 0 Å². The molecule has 0 bridgehead atoms. The van der Waals surface area contributed by atoms with Crippen LogP contribution in [0.15, 0.2) is 4.52 Å². The van der Waals surface area contributed by atoms with Gasteiger partial charge < -0.3 is 9.63 Å². The van der Waals surface area contributed by atoms with Gasteiger partial charge in [0.2, 0.25) is 5.89 Å². The number of hydrogen-bond donors (Lipinski definition) is 1. The van der Waals surface area contributed by atoms with Crippen LogP contribution in [0.3, 0.4) is 0 Å². The molecule has 1 aromatic heterocycles. The van der Waals surface area contributed by atoms with Gasteiger partial charge in [0, 0.05) is 5.92 Å². The van der Waals surface area contributed by atoms with Crippen LogP contribution in [0.25, 0.3) is 0 Å². The molecule has 96 valence electrons. The summed E-state index contributed by atoms with van der Waals surface area (Å²) in [5, 5.41) is 14.0. The number of nitrogens with zero attached hydrogens (tertiary/aromatic N) is 2. The van der Waals surface area contributed by atoms with Crippen molar-refractivity contribution in [1.82, 2.24) is 10.1 Å². The number of aliphatic hydroxyl groups is 1. The summed E-state index contributed by atoms with van der Waals surface area (Å²) in [5.41, 5.74) is 0. The minimum atomic E-state index is -0.317. The fourth-order valence-corrected chi connectivity index (χ4v) is 2.42. The Balaban J connectivity index is 1.91. The predicted molar refractivity (Wildman–Crippen MR) is 64.7 cm³/mol. The summed E-state index contributed by atoms with van der Waals surface area (Å²) >= 11 is 0. The van der Waals surface area contributed by atoms with Crippen LogP contribution in [0.5, 0.6) is 0 Å². The summed E-state index contributed by atoms with van der Waals surface area (Å²) in [6.45, 7) is 4.19. The van der Waals surface area contributed by atoms with Crippen molar-refractivity contribution in [3.8, 4) is 0 Å². The lowest BCUT2D eigenvalue weighted by Gasteiger charge is -2.14. The molecule has 1 N–H and O–H groups in total. The van der Waals surface area contributed by atoms with Gasteiger partial charge in [-0.05, 0) is 25.2 Å². The zero-order valence-corrected chi connectivity index (χ0v) is 10.7. The van der Waals surface area contributed by atoms with Gasteiger partial charge in [-0.25, -0.2) is 0 Å². The van der Waals surface area contributed by atoms with Crippen molar-refractivity contribution >= 4 is 0 Å². The third-order valence-electron chi connectivity index (χ3n) is 3.86. The van der Waals surface area contributed by atoms with Crippen molar-refractivity contribution in [2.24, 2.45) is 5.92 Å². The Morgan fingerprint density at radius 1 is 1.41 bits per heavy atom. The standard InChI is InChI=1S/C13H22N2O2/c1-3-9(2)13-14-12(17-15-13)8-11(16)10-6-4-5-7-10/h9-11,16H,3-8H2,1-2H3. The van der Waals surface area contributed by atoms with Crippen LogP contribution in [0.4, 0.5) is 0 Å². The molecule has 1 heterocycles. The summed E-state index contributed by atoms with van der Waals surface area (Å²) in [5.74, 6) is 2.10. The Labute approximate surface area is 102 Å². The highest BCUT2D eigenvalue weighted by Gasteiger charge is 2.25. The molecule has 2 rings (SSSR count). The molecule has 2 atom stereocenters. The van der Waals surface area contributed by atoms with Crippen molar-refractivity contribution in [3.05, 3.63) is 11.7 Å². The zero-order chi connectivity index (χ0) is 12.3. The van der Waals surface area contributed by atoms with Gasteiger partial charge in [-0.2, -0.15) is 4.98 Å². The molecule has 1 fully saturated rings. The summed E-state index contributed by atoms with van der Waals surface area (Å²) < 4.78 is 5.20. The van der Waals surface area contributed by atoms with Gasteiger partial charge in [0.1, 0.15) is 0 Å². The molecule has 0 spiro atoms. The molecule has 0 aliphatic heterocycles. The average molecular weight is 238 g/mol. The first-order chi connectivity index (χ1) is 8.20. The zero-order valence-electron chi connectivity index (χ0n) is 10.7. The van der Waals surface area contributed by atoms with Crippen LogP contribution in [0.2, 0.25) is 0 Å². The number of rotatable bonds is 5. The summed E-state index contributed by atoms with van der Waals surface area (Å²) in [6, 6.07) is 0. The monoisotopic (exact) mass is 238 g/mol. The molecule has 4 heteroatoms. The molecule has 1 aliphatic carbocycles. The smallest absolute Gasteiger partial charge is 0.229 e. The van der Waals surface area contributed by atoms with Crippen LogP contribution in [0.1, 0.15) is 63.6 Å². The fraction of sp³-hybridized carbons (Fsp3) is 0.846. The van der Waals surface area contributed by atoms with Crippen LogP contribution in [-0.4, -0.2) is 21.4 Å². The number of aliphatic hydroxyl groups excluding tert-OH is 1. The predicted octanol–water partition coefficient (Wildman–Crippen LogP) is 2.68. The van der Waals surface area contributed by atoms with E-state index in [0.29, 0.717) is 24.1 Å². The summed E-state index contributed by atoms with van der Waals surface area (Å²) in [6.07, 6.45) is 5.94. The highest BCUT2D eigenvalue weighted by molar-refractivity contribution is 4.94. The third-order valence-corrected chi connectivity index (χ3v) is 3.86. The highest BCUT2D eigenvalue weighted by atomic mass is 16.5. The van der Waals surface area contributed by atoms with Crippen LogP contribution in [0, 0.1) is 5.92 Å². The van der Waals surface area contributed by atoms with Gasteiger partial charge in [0.05, 0.1) is 12.5 Å². The van der Waals surface area contributed by atoms with E-state index >= 15 is 0 Å². The SMILES string of the molecule is CCC(C)c1noc(CC(O)C2CCCC2)n1. The molecular formula is C13H22N2O2. The van der Waals surface area contributed by atoms with E-state index in [-0.39, 0.29) is 6.10 Å². The van der Waals surface area contributed by atoms with E-state index in [2.05, 4.69) is 24.0 Å². The van der Waals surface area contributed by atoms with Gasteiger partial charge in [-0.1, -0.05) is 31.8 Å². The van der Waals surface area contributed by atoms with E-state index in [1.165, 1.54) is 12.8 Å². The second-order valence-corrected chi connectivity index (χ2v) is 5.17. The molecule has 0 aromatic carbocycles. The average Bonchev–Trinajstić information content (AvgIpc) is 2.98. The molecule has 1 saturated carbocycles. The molecule has 4 nitrogen and oxygen atoms in total. The maximum Gasteiger partial charge on any atom is 0.229 e. The van der Waals surface area contributed by atoms with Crippen LogP contribution < -0.4 is 0 Å². The summed E-state index contributed by atoms with van der Waals surface area (Å²) in [4.78, 5) is 4.35. The number of hydrogen-bond acceptors (Lipinski definition) is 4. The summed E-state index contributed by atoms with van der Waals surface area (Å²) in [7, 11) is 0. The maximum absolute atomic E-state index is 10.1. The van der Waals surface area contributed by atoms with Crippen molar-refractivity contribution < 1.29 is 9.63 Å². The molecule has 0 radical (unpaired) electrons. The Bertz CT molecular complexity index is 345. The molecule has 1 aliphatic rings. The molecule has 17 heavy (non-hydrogen) atoms. The van der Waals surface area contributed by atoms with Gasteiger partial charge in [0.25, 0.3) is 0 Å². The molecule has 0 amide bonds. The normalized spacial score (nSPS) is 20.6. The van der Waals surface area contributed by atoms with Gasteiger partial charge in [-0.15, -0.1) is 0 Å². The van der Waals surface area contributed by atoms with E-state index in [4.69, 9.17) is 4.52 Å². The van der Waals surface area contributed by atoms with Crippen molar-refractivity contribution in [2.45, 2.75) is 64.4 Å². The number of aromatic nitrogens is 2. The van der Waals surface area contributed by atoms with E-state index in [0.717, 1.165) is 25.1 Å². The first-order valence-corrected chi connectivity index (χ1v) is 6.71. The molecule has 2 unspecified atom stereocenters. The quantitative estimate of drug-likeness (QED) is 0.856. The van der Waals surface area contributed by atoms with Crippen molar-refractivity contribution in [3.63, 3.8) is 0 Å². The van der Waals surface area contributed by atoms with Crippen molar-refractivity contribution in [2.75, 3.05) is 0 Å². The topological polar surface area (TPSA) is 59.2 Å². The van der Waals surface area contributed by atoms with E-state index < -0.39 is 0 Å². The minimum Gasteiger partial charge on any atom is -0.392 e. The fourth-order valence-electron chi connectivity index (χ4n) is 2.42. The highest BCUT2D eigenvalue weighted by Crippen LogP contribution is 2.29.